The van der Waals surface area contributed by atoms with E-state index in [-0.39, 0.29) is 0 Å². The van der Waals surface area contributed by atoms with Crippen LogP contribution in [0.3, 0.4) is 0 Å². The monoisotopic (exact) mass is 366 g/mol. The average Bonchev–Trinajstić information content (AvgIpc) is 2.79. The number of hydrogen-bond acceptors (Lipinski definition) is 0. The number of hydrogen-bond donors (Lipinski definition) is 0. The molecule has 0 N–H and O–H groups in total. The number of halogens is 2. The van der Waals surface area contributed by atoms with Gasteiger partial charge in [0.05, 0.1) is 0 Å². The van der Waals surface area contributed by atoms with Gasteiger partial charge in [-0.05, 0) is 0 Å². The van der Waals surface area contributed by atoms with Crippen LogP contribution in [-0.2, 0) is 13.5 Å². The minimum atomic E-state index is -1.82. The van der Waals surface area contributed by atoms with Gasteiger partial charge in [-0.3, -0.25) is 0 Å². The Labute approximate surface area is 121 Å². The van der Waals surface area contributed by atoms with Gasteiger partial charge < -0.3 is 0 Å². The molecule has 3 heteroatoms. The maximum absolute atomic E-state index is 6.24. The van der Waals surface area contributed by atoms with Gasteiger partial charge in [0.15, 0.2) is 0 Å². The first-order valence-electron chi connectivity index (χ1n) is 6.09. The van der Waals surface area contributed by atoms with Crippen molar-refractivity contribution in [3.05, 3.63) is 59.3 Å². The van der Waals surface area contributed by atoms with Gasteiger partial charge in [0.2, 0.25) is 0 Å². The summed E-state index contributed by atoms with van der Waals surface area (Å²) in [5, 5.41) is 0. The van der Waals surface area contributed by atoms with E-state index in [9.17, 15) is 0 Å². The summed E-state index contributed by atoms with van der Waals surface area (Å²) in [7, 11) is 12.5. The van der Waals surface area contributed by atoms with Crippen molar-refractivity contribution >= 4 is 23.5 Å². The van der Waals surface area contributed by atoms with Gasteiger partial charge in [0.25, 0.3) is 0 Å². The molecule has 0 aromatic carbocycles. The summed E-state index contributed by atoms with van der Waals surface area (Å²) in [6.07, 6.45) is 18.9. The molecule has 0 aromatic rings. The quantitative estimate of drug-likeness (QED) is 0.585. The summed E-state index contributed by atoms with van der Waals surface area (Å²) < 4.78 is 1.21. The zero-order chi connectivity index (χ0) is 12.5. The molecule has 0 radical (unpaired) electrons. The van der Waals surface area contributed by atoms with Crippen LogP contribution in [0.1, 0.15) is 19.3 Å². The van der Waals surface area contributed by atoms with E-state index < -0.39 is 13.5 Å². The van der Waals surface area contributed by atoms with Crippen molar-refractivity contribution in [3.8, 4) is 0 Å². The first-order valence-corrected chi connectivity index (χ1v) is 11.4. The zero-order valence-electron chi connectivity index (χ0n) is 9.85. The van der Waals surface area contributed by atoms with Crippen molar-refractivity contribution in [2.24, 2.45) is 5.92 Å². The summed E-state index contributed by atoms with van der Waals surface area (Å²) in [5.74, 6) is 0.505. The Kier molecular flexibility index (Phi) is 3.84. The van der Waals surface area contributed by atoms with Crippen LogP contribution in [0.2, 0.25) is 0 Å². The van der Waals surface area contributed by atoms with Crippen molar-refractivity contribution in [2.75, 3.05) is 0 Å². The summed E-state index contributed by atoms with van der Waals surface area (Å²) in [6.45, 7) is 0. The van der Waals surface area contributed by atoms with Crippen LogP contribution in [-0.4, -0.2) is 4.11 Å². The molecule has 0 heterocycles. The molecular weight excluding hydrogens is 352 g/mol. The summed E-state index contributed by atoms with van der Waals surface area (Å²) in [6, 6.07) is 0. The zero-order valence-corrected chi connectivity index (χ0v) is 13.1. The van der Waals surface area contributed by atoms with Crippen LogP contribution in [0.25, 0.3) is 0 Å². The minimum absolute atomic E-state index is 0.505. The molecule has 0 saturated carbocycles. The molecule has 1 unspecified atom stereocenters. The molecular formula is C15H14Cl2Ru. The Balaban J connectivity index is 2.04. The molecule has 18 heavy (non-hydrogen) atoms. The van der Waals surface area contributed by atoms with Crippen LogP contribution in [0.15, 0.2) is 59.3 Å². The standard InChI is InChI=1S/C15H14.2ClH.Ru/c1-2-6-12(7-3-1)15-11-10-13-8-4-5-9-14(13)15;;;/h1-4,6,8,11-12H,5,7,9H2;2*1H;/q;;;+2/p-2. The van der Waals surface area contributed by atoms with Gasteiger partial charge >= 0.3 is 121 Å². The van der Waals surface area contributed by atoms with Crippen LogP contribution >= 0.6 is 19.4 Å². The van der Waals surface area contributed by atoms with E-state index in [1.54, 1.807) is 0 Å². The van der Waals surface area contributed by atoms with E-state index in [1.165, 1.54) is 20.8 Å². The van der Waals surface area contributed by atoms with E-state index in [1.807, 2.05) is 0 Å². The van der Waals surface area contributed by atoms with Crippen LogP contribution in [0.5, 0.6) is 0 Å². The molecule has 0 fully saturated rings. The molecule has 3 aliphatic carbocycles. The van der Waals surface area contributed by atoms with E-state index >= 15 is 0 Å². The van der Waals surface area contributed by atoms with Gasteiger partial charge in [-0.15, -0.1) is 0 Å². The molecule has 3 aliphatic rings. The van der Waals surface area contributed by atoms with Gasteiger partial charge in [-0.2, -0.15) is 0 Å². The Morgan fingerprint density at radius 1 is 1.17 bits per heavy atom. The normalized spacial score (nSPS) is 26.6. The molecule has 3 rings (SSSR count). The molecule has 0 aliphatic heterocycles. The molecule has 0 bridgehead atoms. The summed E-state index contributed by atoms with van der Waals surface area (Å²) in [5.41, 5.74) is 4.26. The van der Waals surface area contributed by atoms with Gasteiger partial charge in [-0.25, -0.2) is 0 Å². The SMILES string of the molecule is [Cl][Ru]([Cl])=[C]1C=C(C2C=CC=CC2)C2=C1C=CCC2. The van der Waals surface area contributed by atoms with Crippen molar-refractivity contribution in [1.82, 2.24) is 0 Å². The van der Waals surface area contributed by atoms with Crippen molar-refractivity contribution < 1.29 is 13.5 Å². The predicted molar refractivity (Wildman–Crippen MR) is 76.6 cm³/mol. The van der Waals surface area contributed by atoms with Crippen LogP contribution in [0.4, 0.5) is 0 Å². The molecule has 0 aromatic heterocycles. The predicted octanol–water partition coefficient (Wildman–Crippen LogP) is 4.80. The second-order valence-corrected chi connectivity index (χ2v) is 10.4. The molecule has 0 nitrogen and oxygen atoms in total. The second-order valence-electron chi connectivity index (χ2n) is 4.61. The fourth-order valence-electron chi connectivity index (χ4n) is 2.73. The Morgan fingerprint density at radius 3 is 2.78 bits per heavy atom. The molecule has 0 spiro atoms. The first-order chi connectivity index (χ1) is 8.77. The van der Waals surface area contributed by atoms with Crippen molar-refractivity contribution in [1.29, 1.82) is 0 Å². The van der Waals surface area contributed by atoms with E-state index in [0.717, 1.165) is 19.3 Å². The molecule has 96 valence electrons. The summed E-state index contributed by atoms with van der Waals surface area (Å²) >= 11 is -1.82. The Hall–Kier alpha value is -0.227. The molecule has 0 amide bonds. The average molecular weight is 366 g/mol. The third-order valence-electron chi connectivity index (χ3n) is 3.57. The first kappa shape index (κ1) is 12.8. The second kappa shape index (κ2) is 5.41. The number of rotatable bonds is 1. The van der Waals surface area contributed by atoms with Gasteiger partial charge in [0.1, 0.15) is 0 Å². The fraction of sp³-hybridized carbons (Fsp3) is 0.267. The third kappa shape index (κ3) is 2.29. The Morgan fingerprint density at radius 2 is 2.06 bits per heavy atom. The third-order valence-corrected chi connectivity index (χ3v) is 6.70. The topological polar surface area (TPSA) is 0 Å². The fourth-order valence-corrected chi connectivity index (χ4v) is 5.26. The van der Waals surface area contributed by atoms with E-state index in [2.05, 4.69) is 42.5 Å². The number of allylic oxidation sites excluding steroid dienone is 10. The van der Waals surface area contributed by atoms with E-state index in [4.69, 9.17) is 19.4 Å². The van der Waals surface area contributed by atoms with Crippen molar-refractivity contribution in [3.63, 3.8) is 0 Å². The molecule has 0 saturated heterocycles. The van der Waals surface area contributed by atoms with Crippen LogP contribution < -0.4 is 0 Å². The molecule has 1 atom stereocenters. The van der Waals surface area contributed by atoms with Crippen LogP contribution in [0, 0.1) is 5.92 Å². The van der Waals surface area contributed by atoms with Gasteiger partial charge in [-0.1, -0.05) is 0 Å². The Bertz CT molecular complexity index is 555. The summed E-state index contributed by atoms with van der Waals surface area (Å²) in [4.78, 5) is 0. The maximum atomic E-state index is 6.24. The van der Waals surface area contributed by atoms with E-state index in [0.29, 0.717) is 5.92 Å². The van der Waals surface area contributed by atoms with Crippen molar-refractivity contribution in [2.45, 2.75) is 19.3 Å². The van der Waals surface area contributed by atoms with Gasteiger partial charge in [0, 0.05) is 0 Å².